The van der Waals surface area contributed by atoms with E-state index in [1.807, 2.05) is 50.4 Å². The molecular weight excluding hydrogens is 452 g/mol. The lowest BCUT2D eigenvalue weighted by atomic mass is 10.1. The number of fused-ring (bicyclic) bond motifs is 2. The second-order valence-corrected chi connectivity index (χ2v) is 8.84. The van der Waals surface area contributed by atoms with Gasteiger partial charge in [-0.3, -0.25) is 29.8 Å². The summed E-state index contributed by atoms with van der Waals surface area (Å²) >= 11 is 0. The monoisotopic (exact) mass is 474 g/mol. The number of nitrogens with zero attached hydrogens (tertiary/aromatic N) is 5. The molecule has 0 bridgehead atoms. The highest BCUT2D eigenvalue weighted by Gasteiger charge is 2.16. The Morgan fingerprint density at radius 2 is 1.78 bits per heavy atom. The summed E-state index contributed by atoms with van der Waals surface area (Å²) in [4.78, 5) is 33.3. The lowest BCUT2D eigenvalue weighted by Gasteiger charge is -2.08. The van der Waals surface area contributed by atoms with Gasteiger partial charge in [-0.2, -0.15) is 5.10 Å². The van der Waals surface area contributed by atoms with E-state index in [-0.39, 0.29) is 11.8 Å². The SMILES string of the molecule is CC(C)C(=O)Nc1cncc(-c2cc3c(-c4cc5c(-c6ccccn6)cncc5[nH]4)n[nH]c3cn2)c1. The van der Waals surface area contributed by atoms with Crippen molar-refractivity contribution in [2.75, 3.05) is 5.32 Å². The zero-order valence-electron chi connectivity index (χ0n) is 19.6. The maximum atomic E-state index is 12.1. The van der Waals surface area contributed by atoms with Crippen molar-refractivity contribution < 1.29 is 4.79 Å². The van der Waals surface area contributed by atoms with Crippen molar-refractivity contribution in [2.45, 2.75) is 13.8 Å². The van der Waals surface area contributed by atoms with Gasteiger partial charge in [0.05, 0.1) is 52.4 Å². The van der Waals surface area contributed by atoms with E-state index in [9.17, 15) is 4.79 Å². The van der Waals surface area contributed by atoms with Crippen molar-refractivity contribution in [1.82, 2.24) is 35.1 Å². The molecular formula is C27H22N8O. The van der Waals surface area contributed by atoms with Crippen LogP contribution in [0.4, 0.5) is 5.69 Å². The average Bonchev–Trinajstić information content (AvgIpc) is 3.53. The number of carbonyl (C=O) groups is 1. The quantitative estimate of drug-likeness (QED) is 0.315. The molecule has 6 heterocycles. The normalized spacial score (nSPS) is 11.4. The summed E-state index contributed by atoms with van der Waals surface area (Å²) in [7, 11) is 0. The summed E-state index contributed by atoms with van der Waals surface area (Å²) in [5, 5.41) is 12.5. The number of rotatable bonds is 5. The van der Waals surface area contributed by atoms with Gasteiger partial charge in [0.1, 0.15) is 5.69 Å². The standard InChI is InChI=1S/C27H22N8O/c1-15(2)27(36)32-17-7-16(10-28-11-17)22-9-19-25(14-31-22)34-35-26(19)23-8-18-20(12-29-13-24(18)33-23)21-5-3-4-6-30-21/h3-15,33H,1-2H3,(H,32,36)(H,34,35). The van der Waals surface area contributed by atoms with E-state index in [1.54, 1.807) is 31.0 Å². The van der Waals surface area contributed by atoms with Gasteiger partial charge in [-0.15, -0.1) is 0 Å². The molecule has 6 rings (SSSR count). The number of carbonyl (C=O) groups excluding carboxylic acids is 1. The molecule has 0 atom stereocenters. The number of anilines is 1. The Morgan fingerprint density at radius 1 is 0.889 bits per heavy atom. The Balaban J connectivity index is 1.41. The molecule has 3 N–H and O–H groups in total. The van der Waals surface area contributed by atoms with Crippen LogP contribution in [0.2, 0.25) is 0 Å². The molecule has 176 valence electrons. The van der Waals surface area contributed by atoms with Crippen LogP contribution in [0.15, 0.2) is 73.6 Å². The van der Waals surface area contributed by atoms with Crippen LogP contribution in [0.1, 0.15) is 13.8 Å². The number of aromatic nitrogens is 7. The maximum absolute atomic E-state index is 12.1. The smallest absolute Gasteiger partial charge is 0.226 e. The highest BCUT2D eigenvalue weighted by molar-refractivity contribution is 6.00. The summed E-state index contributed by atoms with van der Waals surface area (Å²) in [6.07, 6.45) is 10.5. The Bertz CT molecular complexity index is 1720. The van der Waals surface area contributed by atoms with Crippen LogP contribution in [0.25, 0.3) is 55.7 Å². The molecule has 0 radical (unpaired) electrons. The number of pyridine rings is 4. The lowest BCUT2D eigenvalue weighted by molar-refractivity contribution is -0.118. The first-order valence-electron chi connectivity index (χ1n) is 11.6. The number of hydrogen-bond donors (Lipinski definition) is 3. The van der Waals surface area contributed by atoms with E-state index in [4.69, 9.17) is 0 Å². The molecule has 0 fully saturated rings. The lowest BCUT2D eigenvalue weighted by Crippen LogP contribution is -2.17. The van der Waals surface area contributed by atoms with E-state index < -0.39 is 0 Å². The van der Waals surface area contributed by atoms with Gasteiger partial charge in [0.15, 0.2) is 0 Å². The van der Waals surface area contributed by atoms with Crippen LogP contribution in [0, 0.1) is 5.92 Å². The fourth-order valence-corrected chi connectivity index (χ4v) is 4.12. The number of amides is 1. The molecule has 9 heteroatoms. The molecule has 0 aliphatic rings. The molecule has 36 heavy (non-hydrogen) atoms. The number of hydrogen-bond acceptors (Lipinski definition) is 6. The fourth-order valence-electron chi connectivity index (χ4n) is 4.12. The predicted molar refractivity (Wildman–Crippen MR) is 139 cm³/mol. The minimum atomic E-state index is -0.124. The minimum absolute atomic E-state index is 0.0622. The van der Waals surface area contributed by atoms with E-state index in [0.29, 0.717) is 5.69 Å². The van der Waals surface area contributed by atoms with Crippen molar-refractivity contribution in [2.24, 2.45) is 5.92 Å². The molecule has 0 saturated carbocycles. The molecule has 0 unspecified atom stereocenters. The van der Waals surface area contributed by atoms with E-state index in [2.05, 4.69) is 46.5 Å². The van der Waals surface area contributed by atoms with E-state index in [1.165, 1.54) is 0 Å². The molecule has 9 nitrogen and oxygen atoms in total. The predicted octanol–water partition coefficient (Wildman–Crippen LogP) is 5.22. The number of nitrogens with one attached hydrogen (secondary N) is 3. The summed E-state index contributed by atoms with van der Waals surface area (Å²) in [5.41, 5.74) is 7.30. The molecule has 0 aromatic carbocycles. The Kier molecular flexibility index (Phi) is 5.22. The third kappa shape index (κ3) is 3.86. The Hall–Kier alpha value is -4.92. The van der Waals surface area contributed by atoms with Gasteiger partial charge < -0.3 is 10.3 Å². The van der Waals surface area contributed by atoms with Crippen molar-refractivity contribution in [3.63, 3.8) is 0 Å². The summed E-state index contributed by atoms with van der Waals surface area (Å²) in [6, 6.07) is 11.7. The second-order valence-electron chi connectivity index (χ2n) is 8.84. The Labute approximate surface area is 206 Å². The second kappa shape index (κ2) is 8.70. The van der Waals surface area contributed by atoms with Gasteiger partial charge in [0.2, 0.25) is 5.91 Å². The zero-order chi connectivity index (χ0) is 24.6. The van der Waals surface area contributed by atoms with Crippen LogP contribution in [0.3, 0.4) is 0 Å². The van der Waals surface area contributed by atoms with E-state index in [0.717, 1.165) is 55.7 Å². The topological polar surface area (TPSA) is 125 Å². The number of aromatic amines is 2. The maximum Gasteiger partial charge on any atom is 0.226 e. The first-order chi connectivity index (χ1) is 17.6. The van der Waals surface area contributed by atoms with Gasteiger partial charge in [0.25, 0.3) is 0 Å². The first kappa shape index (κ1) is 21.6. The minimum Gasteiger partial charge on any atom is -0.352 e. The first-order valence-corrected chi connectivity index (χ1v) is 11.6. The summed E-state index contributed by atoms with van der Waals surface area (Å²) in [5.74, 6) is -0.186. The van der Waals surface area contributed by atoms with Gasteiger partial charge in [0, 0.05) is 46.4 Å². The molecule has 6 aromatic rings. The summed E-state index contributed by atoms with van der Waals surface area (Å²) in [6.45, 7) is 3.70. The van der Waals surface area contributed by atoms with Gasteiger partial charge >= 0.3 is 0 Å². The van der Waals surface area contributed by atoms with Crippen LogP contribution in [0.5, 0.6) is 0 Å². The highest BCUT2D eigenvalue weighted by atomic mass is 16.1. The van der Waals surface area contributed by atoms with Gasteiger partial charge in [-0.05, 0) is 30.3 Å². The molecule has 1 amide bonds. The van der Waals surface area contributed by atoms with Gasteiger partial charge in [-0.1, -0.05) is 19.9 Å². The summed E-state index contributed by atoms with van der Waals surface area (Å²) < 4.78 is 0. The van der Waals surface area contributed by atoms with Crippen LogP contribution < -0.4 is 5.32 Å². The molecule has 0 aliphatic carbocycles. The third-order valence-corrected chi connectivity index (χ3v) is 6.01. The fraction of sp³-hybridized carbons (Fsp3) is 0.111. The largest absolute Gasteiger partial charge is 0.352 e. The van der Waals surface area contributed by atoms with Crippen LogP contribution in [-0.2, 0) is 4.79 Å². The van der Waals surface area contributed by atoms with Crippen LogP contribution in [-0.4, -0.2) is 41.0 Å². The number of H-pyrrole nitrogens is 2. The van der Waals surface area contributed by atoms with Crippen LogP contribution >= 0.6 is 0 Å². The van der Waals surface area contributed by atoms with Crippen molar-refractivity contribution in [3.8, 4) is 33.9 Å². The van der Waals surface area contributed by atoms with Crippen molar-refractivity contribution >= 4 is 33.4 Å². The molecule has 0 aliphatic heterocycles. The highest BCUT2D eigenvalue weighted by Crippen LogP contribution is 2.34. The van der Waals surface area contributed by atoms with Crippen molar-refractivity contribution in [3.05, 3.63) is 73.6 Å². The molecule has 0 spiro atoms. The molecule has 0 saturated heterocycles. The van der Waals surface area contributed by atoms with Gasteiger partial charge in [-0.25, -0.2) is 0 Å². The Morgan fingerprint density at radius 3 is 2.61 bits per heavy atom. The zero-order valence-corrected chi connectivity index (χ0v) is 19.6. The average molecular weight is 475 g/mol. The molecule has 6 aromatic heterocycles. The third-order valence-electron chi connectivity index (χ3n) is 6.01. The van der Waals surface area contributed by atoms with E-state index >= 15 is 0 Å². The van der Waals surface area contributed by atoms with Crippen molar-refractivity contribution in [1.29, 1.82) is 0 Å².